The summed E-state index contributed by atoms with van der Waals surface area (Å²) in [7, 11) is -3.73. The zero-order chi connectivity index (χ0) is 27.3. The Bertz CT molecular complexity index is 1120. The van der Waals surface area contributed by atoms with Crippen molar-refractivity contribution in [3.8, 4) is 0 Å². The molecule has 0 aromatic heterocycles. The summed E-state index contributed by atoms with van der Waals surface area (Å²) >= 11 is 0. The number of hydrogen-bond donors (Lipinski definition) is 0. The van der Waals surface area contributed by atoms with Crippen molar-refractivity contribution in [1.29, 1.82) is 0 Å². The van der Waals surface area contributed by atoms with Crippen LogP contribution >= 0.6 is 0 Å². The highest BCUT2D eigenvalue weighted by atomic mass is 32.2. The van der Waals surface area contributed by atoms with Gasteiger partial charge in [0.1, 0.15) is 0 Å². The molecule has 0 saturated heterocycles. The van der Waals surface area contributed by atoms with Gasteiger partial charge in [0.25, 0.3) is 10.1 Å². The van der Waals surface area contributed by atoms with Crippen molar-refractivity contribution >= 4 is 10.1 Å². The molecule has 0 radical (unpaired) electrons. The molecule has 8 atom stereocenters. The van der Waals surface area contributed by atoms with Crippen molar-refractivity contribution in [2.45, 2.75) is 123 Å². The Morgan fingerprint density at radius 1 is 0.947 bits per heavy atom. The van der Waals surface area contributed by atoms with Crippen molar-refractivity contribution in [2.24, 2.45) is 46.3 Å². The molecule has 38 heavy (non-hydrogen) atoms. The van der Waals surface area contributed by atoms with Crippen molar-refractivity contribution in [2.75, 3.05) is 0 Å². The fourth-order valence-corrected chi connectivity index (χ4v) is 10.8. The summed E-state index contributed by atoms with van der Waals surface area (Å²) < 4.78 is 31.8. The fourth-order valence-electron chi connectivity index (χ4n) is 9.67. The molecule has 3 saturated carbocycles. The normalized spacial score (nSPS) is 37.8. The molecule has 3 nitrogen and oxygen atoms in total. The second-order valence-corrected chi connectivity index (χ2v) is 16.1. The van der Waals surface area contributed by atoms with E-state index in [0.717, 1.165) is 60.3 Å². The first kappa shape index (κ1) is 28.4. The molecule has 4 heteroatoms. The van der Waals surface area contributed by atoms with Gasteiger partial charge in [0, 0.05) is 0 Å². The van der Waals surface area contributed by atoms with Crippen molar-refractivity contribution < 1.29 is 12.6 Å². The molecular weight excluding hydrogens is 488 g/mol. The fraction of sp³-hybridized carbons (Fsp3) is 0.765. The Balaban J connectivity index is 1.27. The Morgan fingerprint density at radius 2 is 1.68 bits per heavy atom. The van der Waals surface area contributed by atoms with Crippen molar-refractivity contribution in [3.63, 3.8) is 0 Å². The Labute approximate surface area is 233 Å². The van der Waals surface area contributed by atoms with Gasteiger partial charge in [-0.3, -0.25) is 4.18 Å². The quantitative estimate of drug-likeness (QED) is 0.244. The number of aryl methyl sites for hydroxylation is 1. The highest BCUT2D eigenvalue weighted by Gasteiger charge is 2.59. The molecule has 0 amide bonds. The molecule has 212 valence electrons. The van der Waals surface area contributed by atoms with E-state index in [1.54, 1.807) is 12.1 Å². The van der Waals surface area contributed by atoms with Crippen LogP contribution in [0.5, 0.6) is 0 Å². The van der Waals surface area contributed by atoms with Gasteiger partial charge in [-0.25, -0.2) is 0 Å². The zero-order valence-corrected chi connectivity index (χ0v) is 25.7. The molecule has 0 heterocycles. The summed E-state index contributed by atoms with van der Waals surface area (Å²) in [5.41, 5.74) is 3.24. The monoisotopic (exact) mass is 540 g/mol. The van der Waals surface area contributed by atoms with Crippen LogP contribution in [0.4, 0.5) is 0 Å². The summed E-state index contributed by atoms with van der Waals surface area (Å²) in [6.07, 6.45) is 15.8. The SMILES string of the molecule is Cc1ccc(S(=O)(=O)O[C@H]2CC[C@@]3(C)C(=CC[C@@H]4[C@H]5CC[C@@H]([C@@H](C)CCCC(C)C)[C@]5(C)CC[C@H]43)C2)cc1. The Hall–Kier alpha value is -1.13. The predicted molar refractivity (Wildman–Crippen MR) is 156 cm³/mol. The summed E-state index contributed by atoms with van der Waals surface area (Å²) in [5.74, 6) is 4.93. The van der Waals surface area contributed by atoms with E-state index in [4.69, 9.17) is 4.18 Å². The number of allylic oxidation sites excluding steroid dienone is 1. The Kier molecular flexibility index (Phi) is 7.99. The lowest BCUT2D eigenvalue weighted by Crippen LogP contribution is -2.51. The third-order valence-corrected chi connectivity index (χ3v) is 13.2. The van der Waals surface area contributed by atoms with Crippen LogP contribution in [0, 0.1) is 53.3 Å². The minimum absolute atomic E-state index is 0.207. The van der Waals surface area contributed by atoms with E-state index in [2.05, 4.69) is 40.7 Å². The molecular formula is C34H52O3S. The van der Waals surface area contributed by atoms with E-state index >= 15 is 0 Å². The Morgan fingerprint density at radius 3 is 2.39 bits per heavy atom. The van der Waals surface area contributed by atoms with E-state index in [-0.39, 0.29) is 16.4 Å². The van der Waals surface area contributed by atoms with Gasteiger partial charge >= 0.3 is 0 Å². The van der Waals surface area contributed by atoms with Crippen LogP contribution in [0.1, 0.15) is 111 Å². The van der Waals surface area contributed by atoms with Gasteiger partial charge in [-0.15, -0.1) is 0 Å². The lowest BCUT2D eigenvalue weighted by molar-refractivity contribution is -0.0556. The summed E-state index contributed by atoms with van der Waals surface area (Å²) in [6, 6.07) is 7.02. The van der Waals surface area contributed by atoms with E-state index in [1.165, 1.54) is 56.9 Å². The van der Waals surface area contributed by atoms with Crippen LogP contribution in [0.2, 0.25) is 0 Å². The van der Waals surface area contributed by atoms with Gasteiger partial charge in [0.2, 0.25) is 0 Å². The third kappa shape index (κ3) is 5.18. The van der Waals surface area contributed by atoms with Gasteiger partial charge < -0.3 is 0 Å². The van der Waals surface area contributed by atoms with Gasteiger partial charge in [0.05, 0.1) is 11.0 Å². The average molecular weight is 541 g/mol. The molecule has 1 aromatic carbocycles. The van der Waals surface area contributed by atoms with Crippen LogP contribution in [0.15, 0.2) is 40.8 Å². The molecule has 5 rings (SSSR count). The number of benzene rings is 1. The summed E-state index contributed by atoms with van der Waals surface area (Å²) in [6.45, 7) is 14.4. The molecule has 3 fully saturated rings. The van der Waals surface area contributed by atoms with Gasteiger partial charge in [-0.05, 0) is 117 Å². The highest BCUT2D eigenvalue weighted by molar-refractivity contribution is 7.86. The third-order valence-electron chi connectivity index (χ3n) is 11.8. The molecule has 0 spiro atoms. The maximum atomic E-state index is 13.0. The number of fused-ring (bicyclic) bond motifs is 5. The standard InChI is InChI=1S/C34H52O3S/c1-23(2)8-7-9-25(4)30-16-17-31-29-15-12-26-22-27(37-38(35,36)28-13-10-24(3)11-14-28)18-20-33(26,5)32(29)19-21-34(30,31)6/h10-14,23,25,27,29-32H,7-9,15-22H2,1-6H3/t25-,27-,29+,30-,31+,32+,33-,34-/m0/s1. The van der Waals surface area contributed by atoms with E-state index in [1.807, 2.05) is 19.1 Å². The topological polar surface area (TPSA) is 43.4 Å². The first-order valence-corrected chi connectivity index (χ1v) is 17.0. The molecule has 1 aromatic rings. The molecule has 0 N–H and O–H groups in total. The van der Waals surface area contributed by atoms with Gasteiger partial charge in [0.15, 0.2) is 0 Å². The minimum atomic E-state index is -3.73. The summed E-state index contributed by atoms with van der Waals surface area (Å²) in [5, 5.41) is 0. The first-order chi connectivity index (χ1) is 17.9. The maximum absolute atomic E-state index is 13.0. The molecule has 0 unspecified atom stereocenters. The lowest BCUT2D eigenvalue weighted by Gasteiger charge is -2.58. The van der Waals surface area contributed by atoms with Crippen LogP contribution in [0.25, 0.3) is 0 Å². The smallest absolute Gasteiger partial charge is 0.263 e. The van der Waals surface area contributed by atoms with Crippen LogP contribution in [-0.4, -0.2) is 14.5 Å². The summed E-state index contributed by atoms with van der Waals surface area (Å²) in [4.78, 5) is 0.273. The van der Waals surface area contributed by atoms with Gasteiger partial charge in [-0.2, -0.15) is 8.42 Å². The lowest BCUT2D eigenvalue weighted by atomic mass is 9.47. The van der Waals surface area contributed by atoms with Gasteiger partial charge in [-0.1, -0.05) is 83.2 Å². The largest absolute Gasteiger partial charge is 0.297 e. The van der Waals surface area contributed by atoms with E-state index < -0.39 is 10.1 Å². The van der Waals surface area contributed by atoms with Crippen LogP contribution in [0.3, 0.4) is 0 Å². The van der Waals surface area contributed by atoms with E-state index in [0.29, 0.717) is 5.41 Å². The maximum Gasteiger partial charge on any atom is 0.297 e. The first-order valence-electron chi connectivity index (χ1n) is 15.6. The molecule has 4 aliphatic rings. The predicted octanol–water partition coefficient (Wildman–Crippen LogP) is 9.11. The van der Waals surface area contributed by atoms with Crippen molar-refractivity contribution in [1.82, 2.24) is 0 Å². The second kappa shape index (κ2) is 10.7. The van der Waals surface area contributed by atoms with Crippen molar-refractivity contribution in [3.05, 3.63) is 41.5 Å². The van der Waals surface area contributed by atoms with Crippen LogP contribution in [-0.2, 0) is 14.3 Å². The van der Waals surface area contributed by atoms with Crippen LogP contribution < -0.4 is 0 Å². The molecule has 4 aliphatic carbocycles. The highest BCUT2D eigenvalue weighted by Crippen LogP contribution is 2.67. The van der Waals surface area contributed by atoms with E-state index in [9.17, 15) is 8.42 Å². The zero-order valence-electron chi connectivity index (χ0n) is 24.8. The second-order valence-electron chi connectivity index (χ2n) is 14.5. The minimum Gasteiger partial charge on any atom is -0.263 e. The number of hydrogen-bond acceptors (Lipinski definition) is 3. The molecule has 0 bridgehead atoms. The average Bonchev–Trinajstić information content (AvgIpc) is 3.21. The molecule has 0 aliphatic heterocycles. The number of rotatable bonds is 8.